The Morgan fingerprint density at radius 1 is 1.44 bits per heavy atom. The highest BCUT2D eigenvalue weighted by Crippen LogP contribution is 2.34. The van der Waals surface area contributed by atoms with E-state index in [-0.39, 0.29) is 12.2 Å². The fraction of sp³-hybridized carbons (Fsp3) is 0.250. The molecule has 0 amide bonds. The lowest BCUT2D eigenvalue weighted by atomic mass is 10.1. The van der Waals surface area contributed by atoms with E-state index in [1.54, 1.807) is 6.07 Å². The van der Waals surface area contributed by atoms with Crippen LogP contribution < -0.4 is 0 Å². The fourth-order valence-corrected chi connectivity index (χ4v) is 1.69. The third kappa shape index (κ3) is 4.18. The number of carbonyl (C=O) groups is 1. The van der Waals surface area contributed by atoms with Gasteiger partial charge in [0.1, 0.15) is 0 Å². The molecule has 0 saturated heterocycles. The lowest BCUT2D eigenvalue weighted by Crippen LogP contribution is -2.13. The number of carbonyl (C=O) groups excluding carboxylic acids is 1. The summed E-state index contributed by atoms with van der Waals surface area (Å²) in [6.07, 6.45) is -4.15. The van der Waals surface area contributed by atoms with Crippen molar-refractivity contribution in [3.05, 3.63) is 40.4 Å². The van der Waals surface area contributed by atoms with Gasteiger partial charge in [0.2, 0.25) is 0 Å². The van der Waals surface area contributed by atoms with Crippen molar-refractivity contribution < 1.29 is 22.7 Å². The molecule has 2 nitrogen and oxygen atoms in total. The summed E-state index contributed by atoms with van der Waals surface area (Å²) in [5.41, 5.74) is -1.12. The number of ether oxygens (including phenoxy) is 1. The van der Waals surface area contributed by atoms with Crippen LogP contribution in [0, 0.1) is 0 Å². The predicted molar refractivity (Wildman–Crippen MR) is 64.8 cm³/mol. The van der Waals surface area contributed by atoms with Crippen LogP contribution in [-0.2, 0) is 9.53 Å². The topological polar surface area (TPSA) is 26.3 Å². The molecule has 0 saturated carbocycles. The molecule has 0 fully saturated rings. The van der Waals surface area contributed by atoms with Crippen molar-refractivity contribution in [2.45, 2.75) is 13.1 Å². The van der Waals surface area contributed by atoms with Crippen LogP contribution in [0.5, 0.6) is 0 Å². The number of hydrogen-bond acceptors (Lipinski definition) is 2. The minimum Gasteiger partial charge on any atom is -0.463 e. The van der Waals surface area contributed by atoms with Crippen LogP contribution in [0.2, 0.25) is 0 Å². The van der Waals surface area contributed by atoms with Crippen LogP contribution in [0.15, 0.2) is 34.8 Å². The molecule has 1 rings (SSSR count). The van der Waals surface area contributed by atoms with Gasteiger partial charge in [-0.3, -0.25) is 0 Å². The lowest BCUT2D eigenvalue weighted by molar-refractivity contribution is -0.137. The number of benzene rings is 1. The maximum atomic E-state index is 12.8. The average molecular weight is 323 g/mol. The van der Waals surface area contributed by atoms with Gasteiger partial charge in [-0.05, 0) is 24.6 Å². The minimum absolute atomic E-state index is 0.0267. The minimum atomic E-state index is -4.62. The number of hydrogen-bond donors (Lipinski definition) is 0. The molecular weight excluding hydrogens is 313 g/mol. The van der Waals surface area contributed by atoms with E-state index in [1.165, 1.54) is 25.1 Å². The normalized spacial score (nSPS) is 12.4. The third-order valence-electron chi connectivity index (χ3n) is 1.99. The predicted octanol–water partition coefficient (Wildman–Crippen LogP) is 3.96. The van der Waals surface area contributed by atoms with Crippen molar-refractivity contribution >= 4 is 27.5 Å². The SMILES string of the molecule is CCOC(=O)/C=C(/c1cccc(Br)c1)C(F)(F)F. The second kappa shape index (κ2) is 6.04. The summed E-state index contributed by atoms with van der Waals surface area (Å²) >= 11 is 3.08. The molecule has 0 N–H and O–H groups in total. The van der Waals surface area contributed by atoms with Crippen molar-refractivity contribution in [3.8, 4) is 0 Å². The van der Waals surface area contributed by atoms with Crippen LogP contribution in [0.1, 0.15) is 12.5 Å². The van der Waals surface area contributed by atoms with Crippen molar-refractivity contribution in [2.75, 3.05) is 6.61 Å². The first kappa shape index (κ1) is 14.8. The molecule has 0 aromatic heterocycles. The summed E-state index contributed by atoms with van der Waals surface area (Å²) in [7, 11) is 0. The summed E-state index contributed by atoms with van der Waals surface area (Å²) in [6, 6.07) is 5.63. The summed E-state index contributed by atoms with van der Waals surface area (Å²) in [5.74, 6) is -1.01. The first-order chi connectivity index (χ1) is 8.34. The van der Waals surface area contributed by atoms with E-state index in [4.69, 9.17) is 0 Å². The van der Waals surface area contributed by atoms with E-state index in [2.05, 4.69) is 20.7 Å². The summed E-state index contributed by atoms with van der Waals surface area (Å²) in [4.78, 5) is 11.1. The van der Waals surface area contributed by atoms with Gasteiger partial charge in [-0.1, -0.05) is 28.1 Å². The Hall–Kier alpha value is -1.30. The first-order valence-corrected chi connectivity index (χ1v) is 5.85. The largest absolute Gasteiger partial charge is 0.463 e. The number of halogens is 4. The summed E-state index contributed by atoms with van der Waals surface area (Å²) in [5, 5.41) is 0. The smallest absolute Gasteiger partial charge is 0.417 e. The van der Waals surface area contributed by atoms with E-state index < -0.39 is 17.7 Å². The van der Waals surface area contributed by atoms with Gasteiger partial charge in [0, 0.05) is 10.5 Å². The van der Waals surface area contributed by atoms with Crippen LogP contribution in [0.4, 0.5) is 13.2 Å². The molecule has 0 unspecified atom stereocenters. The molecule has 0 heterocycles. The zero-order valence-electron chi connectivity index (χ0n) is 9.42. The van der Waals surface area contributed by atoms with Gasteiger partial charge in [0.25, 0.3) is 0 Å². The highest BCUT2D eigenvalue weighted by molar-refractivity contribution is 9.10. The average Bonchev–Trinajstić information content (AvgIpc) is 2.24. The van der Waals surface area contributed by atoms with Crippen LogP contribution >= 0.6 is 15.9 Å². The van der Waals surface area contributed by atoms with Gasteiger partial charge in [0.05, 0.1) is 12.2 Å². The number of rotatable bonds is 3. The van der Waals surface area contributed by atoms with Gasteiger partial charge < -0.3 is 4.74 Å². The number of allylic oxidation sites excluding steroid dienone is 1. The van der Waals surface area contributed by atoms with Crippen LogP contribution in [0.25, 0.3) is 5.57 Å². The molecule has 0 aliphatic carbocycles. The van der Waals surface area contributed by atoms with E-state index in [0.29, 0.717) is 10.5 Å². The Labute approximate surface area is 111 Å². The molecule has 0 aliphatic heterocycles. The van der Waals surface area contributed by atoms with Crippen molar-refractivity contribution in [3.63, 3.8) is 0 Å². The highest BCUT2D eigenvalue weighted by Gasteiger charge is 2.35. The molecule has 1 aromatic rings. The Morgan fingerprint density at radius 2 is 2.11 bits per heavy atom. The van der Waals surface area contributed by atoms with E-state index >= 15 is 0 Å². The Bertz CT molecular complexity index is 467. The Kier molecular flexibility index (Phi) is 4.95. The van der Waals surface area contributed by atoms with Gasteiger partial charge in [-0.15, -0.1) is 0 Å². The Morgan fingerprint density at radius 3 is 2.61 bits per heavy atom. The second-order valence-electron chi connectivity index (χ2n) is 3.32. The molecule has 0 bridgehead atoms. The monoisotopic (exact) mass is 322 g/mol. The molecule has 0 spiro atoms. The van der Waals surface area contributed by atoms with Crippen LogP contribution in [-0.4, -0.2) is 18.8 Å². The molecule has 18 heavy (non-hydrogen) atoms. The lowest BCUT2D eigenvalue weighted by Gasteiger charge is -2.12. The standard InChI is InChI=1S/C12H10BrF3O2/c1-2-18-11(17)7-10(12(14,15)16)8-4-3-5-9(13)6-8/h3-7H,2H2,1H3/b10-7-. The van der Waals surface area contributed by atoms with E-state index in [9.17, 15) is 18.0 Å². The van der Waals surface area contributed by atoms with Gasteiger partial charge >= 0.3 is 12.1 Å². The first-order valence-electron chi connectivity index (χ1n) is 5.06. The highest BCUT2D eigenvalue weighted by atomic mass is 79.9. The molecule has 98 valence electrons. The van der Waals surface area contributed by atoms with Crippen molar-refractivity contribution in [2.24, 2.45) is 0 Å². The van der Waals surface area contributed by atoms with Crippen molar-refractivity contribution in [1.29, 1.82) is 0 Å². The second-order valence-corrected chi connectivity index (χ2v) is 4.23. The van der Waals surface area contributed by atoms with Gasteiger partial charge in [-0.2, -0.15) is 13.2 Å². The van der Waals surface area contributed by atoms with Crippen molar-refractivity contribution in [1.82, 2.24) is 0 Å². The molecule has 0 radical (unpaired) electrons. The molecule has 0 atom stereocenters. The van der Waals surface area contributed by atoms with E-state index in [1.807, 2.05) is 0 Å². The quantitative estimate of drug-likeness (QED) is 0.622. The number of esters is 1. The molecule has 6 heteroatoms. The number of alkyl halides is 3. The van der Waals surface area contributed by atoms with E-state index in [0.717, 1.165) is 0 Å². The maximum absolute atomic E-state index is 12.8. The molecule has 0 aliphatic rings. The maximum Gasteiger partial charge on any atom is 0.417 e. The third-order valence-corrected chi connectivity index (χ3v) is 2.48. The summed E-state index contributed by atoms with van der Waals surface area (Å²) in [6.45, 7) is 1.55. The fourth-order valence-electron chi connectivity index (χ4n) is 1.29. The molecule has 1 aromatic carbocycles. The molecular formula is C12H10BrF3O2. The Balaban J connectivity index is 3.19. The summed E-state index contributed by atoms with van der Waals surface area (Å²) < 4.78 is 43.5. The van der Waals surface area contributed by atoms with Gasteiger partial charge in [-0.25, -0.2) is 4.79 Å². The van der Waals surface area contributed by atoms with Crippen LogP contribution in [0.3, 0.4) is 0 Å². The zero-order chi connectivity index (χ0) is 13.8. The van der Waals surface area contributed by atoms with Gasteiger partial charge in [0.15, 0.2) is 0 Å². The zero-order valence-corrected chi connectivity index (χ0v) is 11.0.